The predicted octanol–water partition coefficient (Wildman–Crippen LogP) is 3.22. The Morgan fingerprint density at radius 1 is 1.32 bits per heavy atom. The largest absolute Gasteiger partial charge is 0.496 e. The molecule has 0 bridgehead atoms. The Labute approximate surface area is 164 Å². The Morgan fingerprint density at radius 2 is 2.04 bits per heavy atom. The third-order valence-electron chi connectivity index (χ3n) is 5.93. The van der Waals surface area contributed by atoms with Crippen LogP contribution in [0.5, 0.6) is 5.75 Å². The lowest BCUT2D eigenvalue weighted by Crippen LogP contribution is -2.40. The first kappa shape index (κ1) is 18.5. The van der Waals surface area contributed by atoms with Gasteiger partial charge in [-0.05, 0) is 38.7 Å². The van der Waals surface area contributed by atoms with Crippen molar-refractivity contribution in [1.82, 2.24) is 9.78 Å². The minimum absolute atomic E-state index is 0.132. The van der Waals surface area contributed by atoms with Gasteiger partial charge in [0, 0.05) is 12.6 Å². The fraction of sp³-hybridized carbons (Fsp3) is 0.476. The number of esters is 1. The molecular formula is C21H25N3O4. The van der Waals surface area contributed by atoms with Crippen molar-refractivity contribution in [2.45, 2.75) is 44.6 Å². The number of ether oxygens (including phenoxy) is 2. The highest BCUT2D eigenvalue weighted by molar-refractivity contribution is 6.00. The Hall–Kier alpha value is -2.83. The van der Waals surface area contributed by atoms with Gasteiger partial charge >= 0.3 is 5.97 Å². The third-order valence-corrected chi connectivity index (χ3v) is 5.93. The summed E-state index contributed by atoms with van der Waals surface area (Å²) in [5.74, 6) is 0.364. The Balaban J connectivity index is 1.69. The smallest absolute Gasteiger partial charge is 0.307 e. The summed E-state index contributed by atoms with van der Waals surface area (Å²) in [6, 6.07) is 7.65. The van der Waals surface area contributed by atoms with E-state index in [1.165, 1.54) is 0 Å². The number of carbonyl (C=O) groups is 2. The van der Waals surface area contributed by atoms with E-state index in [0.29, 0.717) is 11.6 Å². The molecule has 28 heavy (non-hydrogen) atoms. The van der Waals surface area contributed by atoms with Gasteiger partial charge in [-0.2, -0.15) is 5.10 Å². The molecule has 1 saturated heterocycles. The Bertz CT molecular complexity index is 928. The predicted molar refractivity (Wildman–Crippen MR) is 104 cm³/mol. The molecule has 2 fully saturated rings. The van der Waals surface area contributed by atoms with Crippen molar-refractivity contribution in [1.29, 1.82) is 0 Å². The van der Waals surface area contributed by atoms with E-state index in [-0.39, 0.29) is 18.3 Å². The summed E-state index contributed by atoms with van der Waals surface area (Å²) < 4.78 is 12.8. The summed E-state index contributed by atoms with van der Waals surface area (Å²) in [4.78, 5) is 25.2. The molecule has 1 aliphatic carbocycles. The zero-order valence-corrected chi connectivity index (χ0v) is 16.4. The second-order valence-corrected chi connectivity index (χ2v) is 7.62. The van der Waals surface area contributed by atoms with Gasteiger partial charge in [-0.15, -0.1) is 0 Å². The maximum atomic E-state index is 13.2. The van der Waals surface area contributed by atoms with Crippen molar-refractivity contribution in [3.63, 3.8) is 0 Å². The van der Waals surface area contributed by atoms with Crippen LogP contribution in [0.1, 0.15) is 37.8 Å². The average molecular weight is 383 g/mol. The van der Waals surface area contributed by atoms with E-state index in [4.69, 9.17) is 9.47 Å². The molecule has 1 unspecified atom stereocenters. The molecule has 7 heteroatoms. The van der Waals surface area contributed by atoms with Gasteiger partial charge in [0.05, 0.1) is 30.7 Å². The Morgan fingerprint density at radius 3 is 2.75 bits per heavy atom. The second kappa shape index (κ2) is 6.96. The molecule has 1 aromatic carbocycles. The van der Waals surface area contributed by atoms with Crippen LogP contribution in [0.15, 0.2) is 24.3 Å². The van der Waals surface area contributed by atoms with Crippen LogP contribution in [0.2, 0.25) is 0 Å². The summed E-state index contributed by atoms with van der Waals surface area (Å²) in [5.41, 5.74) is 1.83. The lowest BCUT2D eigenvalue weighted by Gasteiger charge is -2.28. The van der Waals surface area contributed by atoms with E-state index < -0.39 is 11.5 Å². The number of nitrogens with one attached hydrogen (secondary N) is 1. The Kier molecular flexibility index (Phi) is 4.61. The molecule has 1 atom stereocenters. The zero-order valence-electron chi connectivity index (χ0n) is 16.4. The number of anilines is 1. The molecule has 148 valence electrons. The number of carbonyl (C=O) groups excluding carboxylic acids is 2. The highest BCUT2D eigenvalue weighted by Crippen LogP contribution is 2.46. The zero-order chi connectivity index (χ0) is 19.9. The number of methoxy groups -OCH3 is 1. The van der Waals surface area contributed by atoms with E-state index >= 15 is 0 Å². The molecule has 2 heterocycles. The molecule has 4 rings (SSSR count). The summed E-state index contributed by atoms with van der Waals surface area (Å²) in [6.07, 6.45) is 3.59. The van der Waals surface area contributed by atoms with Gasteiger partial charge in [0.15, 0.2) is 0 Å². The highest BCUT2D eigenvalue weighted by Gasteiger charge is 2.54. The van der Waals surface area contributed by atoms with Crippen LogP contribution in [-0.4, -0.2) is 34.4 Å². The standard InChI is InChI=1S/C21H25N3O4/c1-13-18(14-8-4-5-9-16(14)27-3)19(24(2)23-13)22-20(26)15-12-17(25)28-21(15)10-6-7-11-21/h4-5,8-9,15H,6-7,10-12H2,1-3H3,(H,22,26). The average Bonchev–Trinajstić information content (AvgIpc) is 3.34. The molecule has 0 radical (unpaired) electrons. The van der Waals surface area contributed by atoms with Crippen LogP contribution >= 0.6 is 0 Å². The molecule has 2 aromatic rings. The van der Waals surface area contributed by atoms with Crippen molar-refractivity contribution >= 4 is 17.7 Å². The van der Waals surface area contributed by atoms with Gasteiger partial charge in [-0.3, -0.25) is 14.3 Å². The normalized spacial score (nSPS) is 20.4. The summed E-state index contributed by atoms with van der Waals surface area (Å²) in [7, 11) is 3.41. The van der Waals surface area contributed by atoms with Gasteiger partial charge in [-0.1, -0.05) is 18.2 Å². The first-order valence-corrected chi connectivity index (χ1v) is 9.65. The van der Waals surface area contributed by atoms with Crippen LogP contribution in [0.3, 0.4) is 0 Å². The van der Waals surface area contributed by atoms with E-state index in [2.05, 4.69) is 10.4 Å². The van der Waals surface area contributed by atoms with Gasteiger partial charge in [0.25, 0.3) is 0 Å². The van der Waals surface area contributed by atoms with Crippen molar-refractivity contribution in [2.75, 3.05) is 12.4 Å². The van der Waals surface area contributed by atoms with E-state index in [1.807, 2.05) is 31.2 Å². The SMILES string of the molecule is COc1ccccc1-c1c(C)nn(C)c1NC(=O)C1CC(=O)OC12CCCC2. The molecule has 1 aliphatic heterocycles. The first-order valence-electron chi connectivity index (χ1n) is 9.65. The molecule has 1 saturated carbocycles. The number of benzene rings is 1. The number of hydrogen-bond acceptors (Lipinski definition) is 5. The van der Waals surface area contributed by atoms with Gasteiger partial charge in [-0.25, -0.2) is 0 Å². The maximum absolute atomic E-state index is 13.2. The summed E-state index contributed by atoms with van der Waals surface area (Å²) in [6.45, 7) is 1.90. The van der Waals surface area contributed by atoms with Crippen LogP contribution in [0.25, 0.3) is 11.1 Å². The molecule has 1 spiro atoms. The van der Waals surface area contributed by atoms with Crippen LogP contribution in [0, 0.1) is 12.8 Å². The summed E-state index contributed by atoms with van der Waals surface area (Å²) in [5, 5.41) is 7.53. The quantitative estimate of drug-likeness (QED) is 0.820. The molecule has 1 amide bonds. The van der Waals surface area contributed by atoms with E-state index in [1.54, 1.807) is 18.8 Å². The molecule has 1 aromatic heterocycles. The van der Waals surface area contributed by atoms with Gasteiger partial charge in [0.2, 0.25) is 5.91 Å². The fourth-order valence-corrected chi connectivity index (χ4v) is 4.63. The van der Waals surface area contributed by atoms with E-state index in [9.17, 15) is 9.59 Å². The minimum atomic E-state index is -0.639. The van der Waals surface area contributed by atoms with Crippen molar-refractivity contribution in [3.05, 3.63) is 30.0 Å². The van der Waals surface area contributed by atoms with Crippen LogP contribution < -0.4 is 10.1 Å². The van der Waals surface area contributed by atoms with Gasteiger partial charge < -0.3 is 14.8 Å². The van der Waals surface area contributed by atoms with Crippen molar-refractivity contribution < 1.29 is 19.1 Å². The number of nitrogens with zero attached hydrogens (tertiary/aromatic N) is 2. The van der Waals surface area contributed by atoms with E-state index in [0.717, 1.165) is 42.5 Å². The van der Waals surface area contributed by atoms with Crippen molar-refractivity contribution in [2.24, 2.45) is 13.0 Å². The first-order chi connectivity index (χ1) is 13.4. The number of rotatable bonds is 4. The highest BCUT2D eigenvalue weighted by atomic mass is 16.6. The fourth-order valence-electron chi connectivity index (χ4n) is 4.63. The van der Waals surface area contributed by atoms with Crippen LogP contribution in [-0.2, 0) is 21.4 Å². The van der Waals surface area contributed by atoms with Crippen molar-refractivity contribution in [3.8, 4) is 16.9 Å². The molecular weight excluding hydrogens is 358 g/mol. The molecule has 7 nitrogen and oxygen atoms in total. The third kappa shape index (κ3) is 2.95. The molecule has 2 aliphatic rings. The number of aryl methyl sites for hydroxylation is 2. The minimum Gasteiger partial charge on any atom is -0.496 e. The van der Waals surface area contributed by atoms with Crippen LogP contribution in [0.4, 0.5) is 5.82 Å². The summed E-state index contributed by atoms with van der Waals surface area (Å²) >= 11 is 0. The topological polar surface area (TPSA) is 82.5 Å². The maximum Gasteiger partial charge on any atom is 0.307 e. The lowest BCUT2D eigenvalue weighted by molar-refractivity contribution is -0.149. The monoisotopic (exact) mass is 383 g/mol. The van der Waals surface area contributed by atoms with Gasteiger partial charge in [0.1, 0.15) is 17.2 Å². The number of para-hydroxylation sites is 1. The lowest BCUT2D eigenvalue weighted by atomic mass is 9.85. The number of hydrogen-bond donors (Lipinski definition) is 1. The number of aromatic nitrogens is 2. The molecule has 1 N–H and O–H groups in total. The second-order valence-electron chi connectivity index (χ2n) is 7.62. The number of amides is 1.